The molecule has 6 rings (SSSR count). The van der Waals surface area contributed by atoms with E-state index in [2.05, 4.69) is 98.4 Å². The molecule has 0 aliphatic rings. The topological polar surface area (TPSA) is 8.29 Å². The van der Waals surface area contributed by atoms with Crippen LogP contribution < -0.4 is 4.57 Å². The molecule has 0 bridgehead atoms. The van der Waals surface area contributed by atoms with Gasteiger partial charge in [-0.3, -0.25) is 0 Å². The molecular weight excluding hydrogens is 364 g/mol. The van der Waals surface area contributed by atoms with Gasteiger partial charge in [-0.1, -0.05) is 38.1 Å². The fourth-order valence-corrected chi connectivity index (χ4v) is 5.51. The first-order valence-corrected chi connectivity index (χ1v) is 10.9. The standard InChI is InChI=1S/C28H27N2/c1-16(2)12-19-14-20-10-11-29(5)28-25-18(4)17(3)13-22-21-8-6-7-9-23(21)30(27(22)25)24(15-19)26(20)28/h6-11,13-16H,12H2,1-5H3/q+1. The SMILES string of the molecule is Cc1cc2c3ccccc3n3c4cc(CC(C)C)cc5cc[n+](C)c(c(c1C)c23)c54. The van der Waals surface area contributed by atoms with Crippen molar-refractivity contribution in [2.24, 2.45) is 13.0 Å². The summed E-state index contributed by atoms with van der Waals surface area (Å²) in [4.78, 5) is 0. The lowest BCUT2D eigenvalue weighted by atomic mass is 9.94. The van der Waals surface area contributed by atoms with Gasteiger partial charge in [-0.15, -0.1) is 0 Å². The van der Waals surface area contributed by atoms with Crippen LogP contribution in [-0.2, 0) is 13.5 Å². The summed E-state index contributed by atoms with van der Waals surface area (Å²) >= 11 is 0. The Morgan fingerprint density at radius 1 is 0.900 bits per heavy atom. The molecule has 0 radical (unpaired) electrons. The molecule has 3 aromatic carbocycles. The highest BCUT2D eigenvalue weighted by Crippen LogP contribution is 2.41. The van der Waals surface area contributed by atoms with Crippen molar-refractivity contribution in [1.82, 2.24) is 4.40 Å². The van der Waals surface area contributed by atoms with E-state index in [1.54, 1.807) is 0 Å². The van der Waals surface area contributed by atoms with Gasteiger partial charge in [-0.25, -0.2) is 4.57 Å². The third-order valence-electron chi connectivity index (χ3n) is 6.87. The van der Waals surface area contributed by atoms with Crippen LogP contribution in [-0.4, -0.2) is 4.40 Å². The average Bonchev–Trinajstić information content (AvgIpc) is 3.04. The lowest BCUT2D eigenvalue weighted by Crippen LogP contribution is -2.29. The molecule has 0 saturated carbocycles. The van der Waals surface area contributed by atoms with Crippen molar-refractivity contribution in [2.75, 3.05) is 0 Å². The van der Waals surface area contributed by atoms with Crippen LogP contribution in [0.25, 0.3) is 49.0 Å². The minimum atomic E-state index is 0.635. The van der Waals surface area contributed by atoms with E-state index in [0.29, 0.717) is 5.92 Å². The third kappa shape index (κ3) is 2.17. The zero-order valence-corrected chi connectivity index (χ0v) is 18.4. The molecule has 6 aromatic rings. The van der Waals surface area contributed by atoms with E-state index in [-0.39, 0.29) is 0 Å². The van der Waals surface area contributed by atoms with E-state index < -0.39 is 0 Å². The zero-order chi connectivity index (χ0) is 20.7. The number of pyridine rings is 2. The first-order chi connectivity index (χ1) is 14.5. The molecule has 3 heterocycles. The first-order valence-electron chi connectivity index (χ1n) is 10.9. The van der Waals surface area contributed by atoms with Crippen LogP contribution in [0.4, 0.5) is 0 Å². The highest BCUT2D eigenvalue weighted by molar-refractivity contribution is 6.26. The van der Waals surface area contributed by atoms with Crippen LogP contribution in [0.1, 0.15) is 30.5 Å². The molecule has 0 atom stereocenters. The van der Waals surface area contributed by atoms with Crippen molar-refractivity contribution in [2.45, 2.75) is 34.1 Å². The summed E-state index contributed by atoms with van der Waals surface area (Å²) in [6, 6.07) is 18.4. The number of benzene rings is 3. The molecular formula is C28H27N2+. The van der Waals surface area contributed by atoms with Crippen LogP contribution in [0.5, 0.6) is 0 Å². The predicted molar refractivity (Wildman–Crippen MR) is 128 cm³/mol. The summed E-state index contributed by atoms with van der Waals surface area (Å²) in [7, 11) is 2.19. The third-order valence-corrected chi connectivity index (χ3v) is 6.87. The van der Waals surface area contributed by atoms with Gasteiger partial charge in [-0.05, 0) is 66.5 Å². The van der Waals surface area contributed by atoms with Crippen molar-refractivity contribution in [3.05, 3.63) is 71.4 Å². The number of nitrogens with zero attached hydrogens (tertiary/aromatic N) is 2. The average molecular weight is 392 g/mol. The number of rotatable bonds is 2. The Balaban J connectivity index is 2.02. The van der Waals surface area contributed by atoms with E-state index in [1.165, 1.54) is 65.7 Å². The number of hydrogen-bond acceptors (Lipinski definition) is 0. The lowest BCUT2D eigenvalue weighted by Gasteiger charge is -2.16. The van der Waals surface area contributed by atoms with Crippen LogP contribution in [0.3, 0.4) is 0 Å². The van der Waals surface area contributed by atoms with E-state index in [4.69, 9.17) is 0 Å². The Kier molecular flexibility index (Phi) is 3.51. The van der Waals surface area contributed by atoms with Gasteiger partial charge in [0, 0.05) is 16.8 Å². The Morgan fingerprint density at radius 2 is 1.70 bits per heavy atom. The molecule has 0 aliphatic heterocycles. The molecule has 0 unspecified atom stereocenters. The van der Waals surface area contributed by atoms with E-state index in [0.717, 1.165) is 6.42 Å². The Bertz CT molecular complexity index is 1620. The first kappa shape index (κ1) is 17.7. The summed E-state index contributed by atoms with van der Waals surface area (Å²) in [6.45, 7) is 9.13. The second-order valence-electron chi connectivity index (χ2n) is 9.39. The molecule has 0 spiro atoms. The summed E-state index contributed by atoms with van der Waals surface area (Å²) in [5, 5.41) is 6.80. The smallest absolute Gasteiger partial charge is 0.224 e. The minimum Gasteiger partial charge on any atom is -0.307 e. The van der Waals surface area contributed by atoms with Gasteiger partial charge in [0.1, 0.15) is 7.05 Å². The monoisotopic (exact) mass is 391 g/mol. The number of para-hydroxylation sites is 1. The Morgan fingerprint density at radius 3 is 2.50 bits per heavy atom. The van der Waals surface area contributed by atoms with Crippen molar-refractivity contribution < 1.29 is 4.57 Å². The number of hydrogen-bond donors (Lipinski definition) is 0. The second kappa shape index (κ2) is 5.95. The van der Waals surface area contributed by atoms with Gasteiger partial charge >= 0.3 is 0 Å². The summed E-state index contributed by atoms with van der Waals surface area (Å²) in [6.07, 6.45) is 3.33. The highest BCUT2D eigenvalue weighted by Gasteiger charge is 2.24. The van der Waals surface area contributed by atoms with Crippen molar-refractivity contribution in [3.8, 4) is 0 Å². The molecule has 0 aliphatic carbocycles. The van der Waals surface area contributed by atoms with Crippen LogP contribution >= 0.6 is 0 Å². The fourth-order valence-electron chi connectivity index (χ4n) is 5.51. The maximum absolute atomic E-state index is 2.53. The molecule has 30 heavy (non-hydrogen) atoms. The number of fused-ring (bicyclic) bond motifs is 5. The Hall–Kier alpha value is -3.13. The van der Waals surface area contributed by atoms with E-state index >= 15 is 0 Å². The highest BCUT2D eigenvalue weighted by atomic mass is 15.0. The molecule has 2 heteroatoms. The number of aryl methyl sites for hydroxylation is 3. The van der Waals surface area contributed by atoms with E-state index in [9.17, 15) is 0 Å². The largest absolute Gasteiger partial charge is 0.307 e. The van der Waals surface area contributed by atoms with Crippen molar-refractivity contribution in [3.63, 3.8) is 0 Å². The summed E-state index contributed by atoms with van der Waals surface area (Å²) in [5.74, 6) is 0.635. The van der Waals surface area contributed by atoms with Crippen LogP contribution in [0.2, 0.25) is 0 Å². The van der Waals surface area contributed by atoms with Gasteiger partial charge < -0.3 is 4.40 Å². The maximum Gasteiger partial charge on any atom is 0.224 e. The molecule has 0 saturated heterocycles. The summed E-state index contributed by atoms with van der Waals surface area (Å²) in [5.41, 5.74) is 9.50. The van der Waals surface area contributed by atoms with Gasteiger partial charge in [0.15, 0.2) is 6.20 Å². The molecule has 148 valence electrons. The maximum atomic E-state index is 2.53. The fraction of sp³-hybridized carbons (Fsp3) is 0.250. The second-order valence-corrected chi connectivity index (χ2v) is 9.39. The van der Waals surface area contributed by atoms with Crippen molar-refractivity contribution >= 4 is 49.0 Å². The predicted octanol–water partition coefficient (Wildman–Crippen LogP) is 6.63. The molecule has 0 amide bonds. The quantitative estimate of drug-likeness (QED) is 0.178. The molecule has 2 nitrogen and oxygen atoms in total. The molecule has 0 fully saturated rings. The number of aromatic nitrogens is 2. The van der Waals surface area contributed by atoms with Crippen molar-refractivity contribution in [1.29, 1.82) is 0 Å². The van der Waals surface area contributed by atoms with Crippen LogP contribution in [0.15, 0.2) is 54.7 Å². The van der Waals surface area contributed by atoms with Gasteiger partial charge in [-0.2, -0.15) is 0 Å². The lowest BCUT2D eigenvalue weighted by molar-refractivity contribution is -0.643. The molecule has 0 N–H and O–H groups in total. The summed E-state index contributed by atoms with van der Waals surface area (Å²) < 4.78 is 4.85. The minimum absolute atomic E-state index is 0.635. The van der Waals surface area contributed by atoms with Gasteiger partial charge in [0.05, 0.1) is 27.3 Å². The van der Waals surface area contributed by atoms with Gasteiger partial charge in [0.25, 0.3) is 0 Å². The van der Waals surface area contributed by atoms with Gasteiger partial charge in [0.2, 0.25) is 5.52 Å². The molecule has 3 aromatic heterocycles. The van der Waals surface area contributed by atoms with E-state index in [1.807, 2.05) is 0 Å². The normalized spacial score (nSPS) is 12.6. The zero-order valence-electron chi connectivity index (χ0n) is 18.4. The van der Waals surface area contributed by atoms with Crippen LogP contribution in [0, 0.1) is 19.8 Å². The Labute approximate surface area is 176 Å².